The zero-order valence-electron chi connectivity index (χ0n) is 9.81. The lowest BCUT2D eigenvalue weighted by molar-refractivity contribution is 0.0749. The molecule has 3 heteroatoms. The Morgan fingerprint density at radius 3 is 2.27 bits per heavy atom. The summed E-state index contributed by atoms with van der Waals surface area (Å²) in [6.45, 7) is 7.39. The monoisotopic (exact) mass is 228 g/mol. The van der Waals surface area contributed by atoms with Gasteiger partial charge in [0.2, 0.25) is 0 Å². The molecule has 84 valence electrons. The van der Waals surface area contributed by atoms with Crippen LogP contribution in [-0.4, -0.2) is 12.2 Å². The lowest BCUT2D eigenvalue weighted by Crippen LogP contribution is -2.19. The van der Waals surface area contributed by atoms with Crippen LogP contribution < -0.4 is 4.74 Å². The highest BCUT2D eigenvalue weighted by molar-refractivity contribution is 6.32. The minimum absolute atomic E-state index is 0.540. The van der Waals surface area contributed by atoms with Gasteiger partial charge in [0, 0.05) is 5.56 Å². The average Bonchev–Trinajstić information content (AvgIpc) is 2.08. The van der Waals surface area contributed by atoms with Crippen LogP contribution in [0.1, 0.15) is 30.5 Å². The first kappa shape index (κ1) is 12.3. The van der Waals surface area contributed by atoms with Gasteiger partial charge in [-0.3, -0.25) is 0 Å². The number of methoxy groups -OCH3 is 1. The summed E-state index contributed by atoms with van der Waals surface area (Å²) in [5.41, 5.74) is 1.88. The van der Waals surface area contributed by atoms with E-state index in [2.05, 4.69) is 0 Å². The molecule has 0 aliphatic carbocycles. The topological polar surface area (TPSA) is 29.5 Å². The maximum Gasteiger partial charge on any atom is 0.143 e. The van der Waals surface area contributed by atoms with Gasteiger partial charge in [-0.1, -0.05) is 11.6 Å². The predicted molar refractivity (Wildman–Crippen MR) is 62.7 cm³/mol. The highest BCUT2D eigenvalue weighted by atomic mass is 35.5. The van der Waals surface area contributed by atoms with Crippen LogP contribution >= 0.6 is 11.6 Å². The van der Waals surface area contributed by atoms with E-state index in [9.17, 15) is 5.11 Å². The average molecular weight is 229 g/mol. The van der Waals surface area contributed by atoms with Crippen LogP contribution in [0.15, 0.2) is 6.07 Å². The zero-order chi connectivity index (χ0) is 11.8. The van der Waals surface area contributed by atoms with Crippen LogP contribution in [0.25, 0.3) is 0 Å². The molecule has 2 nitrogen and oxygen atoms in total. The molecule has 0 unspecified atom stereocenters. The Morgan fingerprint density at radius 2 is 1.87 bits per heavy atom. The number of aliphatic hydroxyl groups is 1. The van der Waals surface area contributed by atoms with Crippen molar-refractivity contribution in [2.24, 2.45) is 0 Å². The van der Waals surface area contributed by atoms with Gasteiger partial charge in [0.1, 0.15) is 5.75 Å². The molecular weight excluding hydrogens is 212 g/mol. The summed E-state index contributed by atoms with van der Waals surface area (Å²) >= 11 is 6.08. The first-order chi connectivity index (χ1) is 6.79. The first-order valence-electron chi connectivity index (χ1n) is 4.85. The number of halogens is 1. The number of hydrogen-bond donors (Lipinski definition) is 1. The van der Waals surface area contributed by atoms with Crippen LogP contribution in [0.3, 0.4) is 0 Å². The van der Waals surface area contributed by atoms with E-state index in [-0.39, 0.29) is 0 Å². The van der Waals surface area contributed by atoms with E-state index in [1.54, 1.807) is 21.0 Å². The van der Waals surface area contributed by atoms with Crippen molar-refractivity contribution in [2.75, 3.05) is 7.11 Å². The maximum atomic E-state index is 10.1. The first-order valence-corrected chi connectivity index (χ1v) is 5.23. The number of hydrogen-bond acceptors (Lipinski definition) is 2. The summed E-state index contributed by atoms with van der Waals surface area (Å²) in [4.78, 5) is 0. The van der Waals surface area contributed by atoms with E-state index >= 15 is 0 Å². The molecule has 15 heavy (non-hydrogen) atoms. The molecule has 1 rings (SSSR count). The molecule has 1 aromatic carbocycles. The largest absolute Gasteiger partial charge is 0.495 e. The van der Waals surface area contributed by atoms with Gasteiger partial charge in [-0.05, 0) is 44.9 Å². The van der Waals surface area contributed by atoms with Crippen molar-refractivity contribution in [1.29, 1.82) is 0 Å². The second-order valence-electron chi connectivity index (χ2n) is 4.27. The van der Waals surface area contributed by atoms with Gasteiger partial charge in [-0.2, -0.15) is 0 Å². The fourth-order valence-corrected chi connectivity index (χ4v) is 2.12. The summed E-state index contributed by atoms with van der Waals surface area (Å²) < 4.78 is 5.25. The Bertz CT molecular complexity index is 378. The minimum atomic E-state index is -0.953. The standard InChI is InChI=1S/C12H17ClO2/c1-7-6-9(13)11(15-5)10(8(7)2)12(3,4)14/h6,14H,1-5H3. The van der Waals surface area contributed by atoms with Gasteiger partial charge in [-0.25, -0.2) is 0 Å². The number of benzene rings is 1. The van der Waals surface area contributed by atoms with Gasteiger partial charge < -0.3 is 9.84 Å². The Balaban J connectivity index is 3.59. The molecule has 0 atom stereocenters. The third-order valence-electron chi connectivity index (χ3n) is 2.57. The van der Waals surface area contributed by atoms with E-state index in [0.717, 1.165) is 16.7 Å². The fraction of sp³-hybridized carbons (Fsp3) is 0.500. The van der Waals surface area contributed by atoms with E-state index in [0.29, 0.717) is 10.8 Å². The fourth-order valence-electron chi connectivity index (χ4n) is 1.79. The Labute approximate surface area is 95.8 Å². The molecule has 0 aliphatic heterocycles. The Kier molecular flexibility index (Phi) is 3.31. The Morgan fingerprint density at radius 1 is 1.33 bits per heavy atom. The molecule has 0 heterocycles. The molecule has 1 N–H and O–H groups in total. The SMILES string of the molecule is COc1c(Cl)cc(C)c(C)c1C(C)(C)O. The van der Waals surface area contributed by atoms with E-state index < -0.39 is 5.60 Å². The molecule has 0 saturated carbocycles. The lowest BCUT2D eigenvalue weighted by Gasteiger charge is -2.25. The summed E-state index contributed by atoms with van der Waals surface area (Å²) in [6, 6.07) is 1.85. The molecule has 0 radical (unpaired) electrons. The summed E-state index contributed by atoms with van der Waals surface area (Å²) in [5, 5.41) is 10.6. The maximum absolute atomic E-state index is 10.1. The van der Waals surface area contributed by atoms with Crippen LogP contribution in [0.2, 0.25) is 5.02 Å². The molecular formula is C12H17ClO2. The predicted octanol–water partition coefficient (Wildman–Crippen LogP) is 3.19. The summed E-state index contributed by atoms with van der Waals surface area (Å²) in [7, 11) is 1.56. The molecule has 0 fully saturated rings. The number of ether oxygens (including phenoxy) is 1. The minimum Gasteiger partial charge on any atom is -0.495 e. The molecule has 0 aromatic heterocycles. The molecule has 0 saturated heterocycles. The Hall–Kier alpha value is -0.730. The zero-order valence-corrected chi connectivity index (χ0v) is 10.6. The third kappa shape index (κ3) is 2.27. The number of aryl methyl sites for hydroxylation is 1. The van der Waals surface area contributed by atoms with E-state index in [1.807, 2.05) is 19.9 Å². The van der Waals surface area contributed by atoms with Crippen molar-refractivity contribution < 1.29 is 9.84 Å². The van der Waals surface area contributed by atoms with Crippen LogP contribution in [0.4, 0.5) is 0 Å². The molecule has 0 aliphatic rings. The second kappa shape index (κ2) is 4.03. The van der Waals surface area contributed by atoms with Crippen molar-refractivity contribution in [3.8, 4) is 5.75 Å². The van der Waals surface area contributed by atoms with Crippen LogP contribution in [-0.2, 0) is 5.60 Å². The van der Waals surface area contributed by atoms with Crippen molar-refractivity contribution in [3.63, 3.8) is 0 Å². The molecule has 0 amide bonds. The van der Waals surface area contributed by atoms with Crippen molar-refractivity contribution >= 4 is 11.6 Å². The van der Waals surface area contributed by atoms with E-state index in [4.69, 9.17) is 16.3 Å². The lowest BCUT2D eigenvalue weighted by atomic mass is 9.90. The second-order valence-corrected chi connectivity index (χ2v) is 4.67. The van der Waals surface area contributed by atoms with Gasteiger partial charge in [0.05, 0.1) is 17.7 Å². The summed E-state index contributed by atoms with van der Waals surface area (Å²) in [6.07, 6.45) is 0. The third-order valence-corrected chi connectivity index (χ3v) is 2.85. The van der Waals surface area contributed by atoms with Crippen LogP contribution in [0.5, 0.6) is 5.75 Å². The highest BCUT2D eigenvalue weighted by Gasteiger charge is 2.26. The molecule has 1 aromatic rings. The van der Waals surface area contributed by atoms with E-state index in [1.165, 1.54) is 0 Å². The van der Waals surface area contributed by atoms with Gasteiger partial charge in [-0.15, -0.1) is 0 Å². The number of rotatable bonds is 2. The van der Waals surface area contributed by atoms with Crippen molar-refractivity contribution in [2.45, 2.75) is 33.3 Å². The van der Waals surface area contributed by atoms with Crippen molar-refractivity contribution in [3.05, 3.63) is 27.8 Å². The summed E-state index contributed by atoms with van der Waals surface area (Å²) in [5.74, 6) is 0.562. The molecule has 0 bridgehead atoms. The highest BCUT2D eigenvalue weighted by Crippen LogP contribution is 2.39. The molecule has 0 spiro atoms. The van der Waals surface area contributed by atoms with Crippen LogP contribution in [0, 0.1) is 13.8 Å². The van der Waals surface area contributed by atoms with Gasteiger partial charge in [0.25, 0.3) is 0 Å². The normalized spacial score (nSPS) is 11.7. The smallest absolute Gasteiger partial charge is 0.143 e. The quantitative estimate of drug-likeness (QED) is 0.843. The van der Waals surface area contributed by atoms with Crippen molar-refractivity contribution in [1.82, 2.24) is 0 Å². The van der Waals surface area contributed by atoms with Gasteiger partial charge in [0.15, 0.2) is 0 Å². The van der Waals surface area contributed by atoms with Gasteiger partial charge >= 0.3 is 0 Å².